The largest absolute Gasteiger partial charge is 0.495 e. The third-order valence-corrected chi connectivity index (χ3v) is 3.52. The van der Waals surface area contributed by atoms with E-state index in [2.05, 4.69) is 5.32 Å². The van der Waals surface area contributed by atoms with Crippen molar-refractivity contribution in [1.29, 1.82) is 0 Å². The lowest BCUT2D eigenvalue weighted by atomic mass is 9.92. The molecule has 1 fully saturated rings. The molecule has 0 spiro atoms. The molecule has 0 radical (unpaired) electrons. The fourth-order valence-corrected chi connectivity index (χ4v) is 2.57. The molecule has 5 nitrogen and oxygen atoms in total. The van der Waals surface area contributed by atoms with Crippen LogP contribution in [0.2, 0.25) is 0 Å². The van der Waals surface area contributed by atoms with Crippen LogP contribution in [0.25, 0.3) is 0 Å². The molecule has 0 bridgehead atoms. The van der Waals surface area contributed by atoms with Gasteiger partial charge in [0, 0.05) is 25.1 Å². The van der Waals surface area contributed by atoms with Crippen LogP contribution in [0.5, 0.6) is 5.75 Å². The van der Waals surface area contributed by atoms with Gasteiger partial charge in [-0.3, -0.25) is 9.59 Å². The van der Waals surface area contributed by atoms with Crippen LogP contribution in [0.1, 0.15) is 40.0 Å². The van der Waals surface area contributed by atoms with Crippen LogP contribution in [-0.4, -0.2) is 25.5 Å². The number of rotatable bonds is 4. The fraction of sp³-hybridized carbons (Fsp3) is 0.529. The Bertz CT molecular complexity index is 576. The summed E-state index contributed by atoms with van der Waals surface area (Å²) in [6.45, 7) is 6.76. The van der Waals surface area contributed by atoms with E-state index in [1.165, 1.54) is 0 Å². The van der Waals surface area contributed by atoms with Gasteiger partial charge in [0.2, 0.25) is 11.8 Å². The zero-order chi connectivity index (χ0) is 16.3. The van der Waals surface area contributed by atoms with Gasteiger partial charge in [-0.05, 0) is 30.0 Å². The van der Waals surface area contributed by atoms with Crippen LogP contribution in [0, 0.1) is 5.41 Å². The Morgan fingerprint density at radius 2 is 2.09 bits per heavy atom. The number of nitrogens with one attached hydrogen (secondary N) is 1. The lowest BCUT2D eigenvalue weighted by molar-refractivity contribution is -0.118. The molecule has 1 aromatic carbocycles. The second kappa shape index (κ2) is 6.38. The van der Waals surface area contributed by atoms with Crippen molar-refractivity contribution >= 4 is 23.2 Å². The zero-order valence-corrected chi connectivity index (χ0v) is 13.7. The molecule has 1 aliphatic heterocycles. The number of hydrogen-bond donors (Lipinski definition) is 1. The van der Waals surface area contributed by atoms with Crippen LogP contribution in [0.4, 0.5) is 11.4 Å². The van der Waals surface area contributed by atoms with Crippen LogP contribution < -0.4 is 15.0 Å². The Balaban J connectivity index is 2.20. The van der Waals surface area contributed by atoms with E-state index in [4.69, 9.17) is 4.74 Å². The fourth-order valence-electron chi connectivity index (χ4n) is 2.57. The molecule has 1 aromatic rings. The summed E-state index contributed by atoms with van der Waals surface area (Å²) in [5.41, 5.74) is 1.34. The number of nitrogens with zero attached hydrogens (tertiary/aromatic N) is 1. The van der Waals surface area contributed by atoms with Crippen molar-refractivity contribution in [2.24, 2.45) is 5.41 Å². The van der Waals surface area contributed by atoms with Gasteiger partial charge < -0.3 is 15.0 Å². The van der Waals surface area contributed by atoms with Crippen LogP contribution in [0.3, 0.4) is 0 Å². The molecule has 1 aliphatic rings. The van der Waals surface area contributed by atoms with Crippen molar-refractivity contribution in [3.8, 4) is 5.75 Å². The Morgan fingerprint density at radius 3 is 2.64 bits per heavy atom. The molecule has 0 saturated carbocycles. The van der Waals surface area contributed by atoms with E-state index in [0.29, 0.717) is 30.8 Å². The number of hydrogen-bond acceptors (Lipinski definition) is 3. The minimum atomic E-state index is -0.0652. The van der Waals surface area contributed by atoms with Gasteiger partial charge in [0.05, 0.1) is 12.8 Å². The predicted octanol–water partition coefficient (Wildman–Crippen LogP) is 3.20. The van der Waals surface area contributed by atoms with Gasteiger partial charge in [-0.1, -0.05) is 20.8 Å². The summed E-state index contributed by atoms with van der Waals surface area (Å²) >= 11 is 0. The van der Waals surface area contributed by atoms with Crippen LogP contribution >= 0.6 is 0 Å². The number of methoxy groups -OCH3 is 1. The van der Waals surface area contributed by atoms with Gasteiger partial charge in [0.1, 0.15) is 5.75 Å². The number of ether oxygens (including phenoxy) is 1. The highest BCUT2D eigenvalue weighted by Gasteiger charge is 2.25. The average Bonchev–Trinajstić information content (AvgIpc) is 2.82. The molecule has 0 atom stereocenters. The van der Waals surface area contributed by atoms with Gasteiger partial charge in [-0.25, -0.2) is 0 Å². The van der Waals surface area contributed by atoms with Crippen molar-refractivity contribution in [3.05, 3.63) is 18.2 Å². The topological polar surface area (TPSA) is 58.6 Å². The van der Waals surface area contributed by atoms with Crippen molar-refractivity contribution in [3.63, 3.8) is 0 Å². The second-order valence-corrected chi connectivity index (χ2v) is 6.82. The Kier molecular flexibility index (Phi) is 4.74. The predicted molar refractivity (Wildman–Crippen MR) is 87.3 cm³/mol. The highest BCUT2D eigenvalue weighted by Crippen LogP contribution is 2.34. The summed E-state index contributed by atoms with van der Waals surface area (Å²) in [7, 11) is 1.58. The summed E-state index contributed by atoms with van der Waals surface area (Å²) in [4.78, 5) is 25.7. The van der Waals surface area contributed by atoms with Crippen molar-refractivity contribution < 1.29 is 14.3 Å². The SMILES string of the molecule is COc1ccc(NC(=O)CC(C)(C)C)cc1N1CCCC1=O. The molecule has 22 heavy (non-hydrogen) atoms. The van der Waals surface area contributed by atoms with Gasteiger partial charge in [0.25, 0.3) is 0 Å². The smallest absolute Gasteiger partial charge is 0.227 e. The first-order chi connectivity index (χ1) is 10.3. The van der Waals surface area contributed by atoms with E-state index in [1.54, 1.807) is 24.1 Å². The molecular weight excluding hydrogens is 280 g/mol. The number of carbonyl (C=O) groups is 2. The first kappa shape index (κ1) is 16.3. The van der Waals surface area contributed by atoms with Gasteiger partial charge >= 0.3 is 0 Å². The van der Waals surface area contributed by atoms with Crippen molar-refractivity contribution in [2.45, 2.75) is 40.0 Å². The summed E-state index contributed by atoms with van der Waals surface area (Å²) in [6.07, 6.45) is 1.85. The van der Waals surface area contributed by atoms with Crippen molar-refractivity contribution in [2.75, 3.05) is 23.9 Å². The minimum Gasteiger partial charge on any atom is -0.495 e. The Morgan fingerprint density at radius 1 is 1.36 bits per heavy atom. The normalized spacial score (nSPS) is 15.1. The molecule has 2 amide bonds. The van der Waals surface area contributed by atoms with Gasteiger partial charge in [0.15, 0.2) is 0 Å². The highest BCUT2D eigenvalue weighted by molar-refractivity contribution is 5.98. The standard InChI is InChI=1S/C17H24N2O3/c1-17(2,3)11-15(20)18-12-7-8-14(22-4)13(10-12)19-9-5-6-16(19)21/h7-8,10H,5-6,9,11H2,1-4H3,(H,18,20). The maximum atomic E-state index is 12.1. The maximum Gasteiger partial charge on any atom is 0.227 e. The number of carbonyl (C=O) groups excluding carboxylic acids is 2. The molecule has 1 N–H and O–H groups in total. The second-order valence-electron chi connectivity index (χ2n) is 6.82. The molecule has 1 heterocycles. The minimum absolute atomic E-state index is 0.0311. The Labute approximate surface area is 131 Å². The molecule has 1 saturated heterocycles. The number of amides is 2. The lowest BCUT2D eigenvalue weighted by Gasteiger charge is -2.21. The zero-order valence-electron chi connectivity index (χ0n) is 13.7. The van der Waals surface area contributed by atoms with Crippen molar-refractivity contribution in [1.82, 2.24) is 0 Å². The third kappa shape index (κ3) is 4.00. The number of anilines is 2. The van der Waals surface area contributed by atoms with E-state index in [1.807, 2.05) is 26.8 Å². The van der Waals surface area contributed by atoms with Crippen LogP contribution in [-0.2, 0) is 9.59 Å². The van der Waals surface area contributed by atoms with E-state index < -0.39 is 0 Å². The first-order valence-electron chi connectivity index (χ1n) is 7.58. The monoisotopic (exact) mass is 304 g/mol. The average molecular weight is 304 g/mol. The molecule has 0 unspecified atom stereocenters. The molecule has 120 valence electrons. The van der Waals surface area contributed by atoms with Gasteiger partial charge in [-0.15, -0.1) is 0 Å². The van der Waals surface area contributed by atoms with E-state index >= 15 is 0 Å². The van der Waals surface area contributed by atoms with E-state index in [-0.39, 0.29) is 17.2 Å². The third-order valence-electron chi connectivity index (χ3n) is 3.52. The van der Waals surface area contributed by atoms with Crippen LogP contribution in [0.15, 0.2) is 18.2 Å². The quantitative estimate of drug-likeness (QED) is 0.929. The maximum absolute atomic E-state index is 12.1. The summed E-state index contributed by atoms with van der Waals surface area (Å²) in [5.74, 6) is 0.705. The number of benzene rings is 1. The highest BCUT2D eigenvalue weighted by atomic mass is 16.5. The molecular formula is C17H24N2O3. The first-order valence-corrected chi connectivity index (χ1v) is 7.58. The summed E-state index contributed by atoms with van der Waals surface area (Å²) in [6, 6.07) is 5.39. The van der Waals surface area contributed by atoms with Gasteiger partial charge in [-0.2, -0.15) is 0 Å². The van der Waals surface area contributed by atoms with E-state index in [9.17, 15) is 9.59 Å². The lowest BCUT2D eigenvalue weighted by Crippen LogP contribution is -2.24. The summed E-state index contributed by atoms with van der Waals surface area (Å²) in [5, 5.41) is 2.90. The van der Waals surface area contributed by atoms with E-state index in [0.717, 1.165) is 12.1 Å². The Hall–Kier alpha value is -2.04. The molecule has 0 aromatic heterocycles. The molecule has 2 rings (SSSR count). The summed E-state index contributed by atoms with van der Waals surface area (Å²) < 4.78 is 5.34. The molecule has 0 aliphatic carbocycles. The molecule has 5 heteroatoms.